The van der Waals surface area contributed by atoms with E-state index >= 15 is 0 Å². The highest BCUT2D eigenvalue weighted by atomic mass is 16.5. The molecule has 1 aromatic carbocycles. The lowest BCUT2D eigenvalue weighted by atomic mass is 9.88. The summed E-state index contributed by atoms with van der Waals surface area (Å²) in [6.45, 7) is 8.77. The van der Waals surface area contributed by atoms with E-state index in [1.54, 1.807) is 7.11 Å². The third-order valence-corrected chi connectivity index (χ3v) is 3.47. The maximum Gasteiger partial charge on any atom is 0.0700 e. The van der Waals surface area contributed by atoms with Crippen molar-refractivity contribution in [3.8, 4) is 0 Å². The number of nitrogens with one attached hydrogen (secondary N) is 1. The Labute approximate surface area is 123 Å². The topological polar surface area (TPSA) is 30.5 Å². The summed E-state index contributed by atoms with van der Waals surface area (Å²) in [6.07, 6.45) is 1.04. The van der Waals surface area contributed by atoms with Crippen LogP contribution in [-0.4, -0.2) is 40.0 Å². The molecule has 1 aromatic rings. The highest BCUT2D eigenvalue weighted by Crippen LogP contribution is 2.23. The molecule has 0 bridgehead atoms. The molecule has 0 aliphatic heterocycles. The zero-order chi connectivity index (χ0) is 14.6. The average molecular weight is 279 g/mol. The Hall–Kier alpha value is -0.900. The van der Waals surface area contributed by atoms with Gasteiger partial charge in [-0.25, -0.2) is 0 Å². The molecule has 1 rings (SSSR count). The molecule has 20 heavy (non-hydrogen) atoms. The average Bonchev–Trinajstić information content (AvgIpc) is 2.46. The predicted molar refractivity (Wildman–Crippen MR) is 84.2 cm³/mol. The van der Waals surface area contributed by atoms with Crippen molar-refractivity contribution < 1.29 is 9.47 Å². The smallest absolute Gasteiger partial charge is 0.0700 e. The fourth-order valence-corrected chi connectivity index (χ4v) is 2.24. The molecule has 0 aliphatic carbocycles. The van der Waals surface area contributed by atoms with E-state index in [9.17, 15) is 0 Å². The first-order valence-corrected chi connectivity index (χ1v) is 7.58. The normalized spacial score (nSPS) is 12.8. The van der Waals surface area contributed by atoms with Gasteiger partial charge >= 0.3 is 0 Å². The summed E-state index contributed by atoms with van der Waals surface area (Å²) >= 11 is 0. The van der Waals surface area contributed by atoms with Crippen molar-refractivity contribution in [2.75, 3.05) is 40.0 Å². The zero-order valence-corrected chi connectivity index (χ0v) is 13.1. The van der Waals surface area contributed by atoms with Crippen molar-refractivity contribution in [1.82, 2.24) is 5.32 Å². The summed E-state index contributed by atoms with van der Waals surface area (Å²) in [5.41, 5.74) is 1.42. The maximum atomic E-state index is 5.45. The second-order valence-electron chi connectivity index (χ2n) is 5.42. The molecule has 0 heterocycles. The fourth-order valence-electron chi connectivity index (χ4n) is 2.24. The van der Waals surface area contributed by atoms with Gasteiger partial charge in [0.1, 0.15) is 0 Å². The van der Waals surface area contributed by atoms with E-state index in [0.717, 1.165) is 26.1 Å². The van der Waals surface area contributed by atoms with Gasteiger partial charge in [-0.05, 0) is 30.4 Å². The summed E-state index contributed by atoms with van der Waals surface area (Å²) in [7, 11) is 1.69. The van der Waals surface area contributed by atoms with Crippen LogP contribution in [0.3, 0.4) is 0 Å². The molecule has 0 aliphatic rings. The number of rotatable bonds is 11. The van der Waals surface area contributed by atoms with Gasteiger partial charge in [0.15, 0.2) is 0 Å². The monoisotopic (exact) mass is 279 g/mol. The summed E-state index contributed by atoms with van der Waals surface area (Å²) in [4.78, 5) is 0. The van der Waals surface area contributed by atoms with Crippen molar-refractivity contribution in [2.24, 2.45) is 5.92 Å². The summed E-state index contributed by atoms with van der Waals surface area (Å²) in [5, 5.41) is 3.54. The Morgan fingerprint density at radius 3 is 2.45 bits per heavy atom. The van der Waals surface area contributed by atoms with Crippen molar-refractivity contribution in [2.45, 2.75) is 26.2 Å². The second kappa shape index (κ2) is 10.8. The van der Waals surface area contributed by atoms with E-state index in [0.29, 0.717) is 25.0 Å². The minimum Gasteiger partial charge on any atom is -0.382 e. The van der Waals surface area contributed by atoms with Gasteiger partial charge in [-0.1, -0.05) is 44.2 Å². The van der Waals surface area contributed by atoms with Crippen LogP contribution in [0.25, 0.3) is 0 Å². The molecule has 0 amide bonds. The van der Waals surface area contributed by atoms with Gasteiger partial charge in [-0.3, -0.25) is 0 Å². The highest BCUT2D eigenvalue weighted by molar-refractivity contribution is 5.20. The van der Waals surface area contributed by atoms with Crippen molar-refractivity contribution in [3.05, 3.63) is 35.9 Å². The van der Waals surface area contributed by atoms with E-state index in [2.05, 4.69) is 49.5 Å². The SMILES string of the molecule is COCCOCCCNCC(c1ccccc1)C(C)C. The van der Waals surface area contributed by atoms with Crippen LogP contribution in [0.2, 0.25) is 0 Å². The van der Waals surface area contributed by atoms with Gasteiger partial charge in [0.05, 0.1) is 13.2 Å². The zero-order valence-electron chi connectivity index (χ0n) is 13.1. The van der Waals surface area contributed by atoms with Crippen LogP contribution >= 0.6 is 0 Å². The fraction of sp³-hybridized carbons (Fsp3) is 0.647. The molecule has 0 fully saturated rings. The lowest BCUT2D eigenvalue weighted by Crippen LogP contribution is -2.26. The van der Waals surface area contributed by atoms with Gasteiger partial charge in [-0.15, -0.1) is 0 Å². The highest BCUT2D eigenvalue weighted by Gasteiger charge is 2.14. The molecule has 3 heteroatoms. The van der Waals surface area contributed by atoms with Crippen molar-refractivity contribution in [3.63, 3.8) is 0 Å². The van der Waals surface area contributed by atoms with Crippen molar-refractivity contribution in [1.29, 1.82) is 0 Å². The molecule has 0 radical (unpaired) electrons. The lowest BCUT2D eigenvalue weighted by molar-refractivity contribution is 0.0694. The van der Waals surface area contributed by atoms with Crippen molar-refractivity contribution >= 4 is 0 Å². The van der Waals surface area contributed by atoms with Crippen LogP contribution in [0.4, 0.5) is 0 Å². The minimum absolute atomic E-state index is 0.575. The van der Waals surface area contributed by atoms with Crippen LogP contribution in [0.15, 0.2) is 30.3 Å². The molecule has 0 spiro atoms. The third kappa shape index (κ3) is 7.04. The number of ether oxygens (including phenoxy) is 2. The van der Waals surface area contributed by atoms with E-state index < -0.39 is 0 Å². The van der Waals surface area contributed by atoms with E-state index in [-0.39, 0.29) is 0 Å². The number of methoxy groups -OCH3 is 1. The molecule has 1 atom stereocenters. The van der Waals surface area contributed by atoms with E-state index in [1.165, 1.54) is 5.56 Å². The Morgan fingerprint density at radius 2 is 1.80 bits per heavy atom. The number of hydrogen-bond donors (Lipinski definition) is 1. The Kier molecular flexibility index (Phi) is 9.29. The summed E-state index contributed by atoms with van der Waals surface area (Å²) < 4.78 is 10.4. The van der Waals surface area contributed by atoms with Crippen LogP contribution in [-0.2, 0) is 9.47 Å². The quantitative estimate of drug-likeness (QED) is 0.632. The van der Waals surface area contributed by atoms with Gasteiger partial charge in [0.2, 0.25) is 0 Å². The molecule has 0 aromatic heterocycles. The number of benzene rings is 1. The first-order valence-electron chi connectivity index (χ1n) is 7.58. The molecule has 1 N–H and O–H groups in total. The van der Waals surface area contributed by atoms with Crippen LogP contribution in [0.5, 0.6) is 0 Å². The molecular weight excluding hydrogens is 250 g/mol. The summed E-state index contributed by atoms with van der Waals surface area (Å²) in [6, 6.07) is 10.8. The minimum atomic E-state index is 0.575. The number of hydrogen-bond acceptors (Lipinski definition) is 3. The molecule has 1 unspecified atom stereocenters. The van der Waals surface area contributed by atoms with Crippen LogP contribution in [0.1, 0.15) is 31.7 Å². The predicted octanol–water partition coefficient (Wildman–Crippen LogP) is 3.07. The Bertz CT molecular complexity index is 327. The Morgan fingerprint density at radius 1 is 1.05 bits per heavy atom. The van der Waals surface area contributed by atoms with Crippen LogP contribution in [0, 0.1) is 5.92 Å². The van der Waals surface area contributed by atoms with Gasteiger partial charge in [-0.2, -0.15) is 0 Å². The van der Waals surface area contributed by atoms with E-state index in [4.69, 9.17) is 9.47 Å². The first-order chi connectivity index (χ1) is 9.75. The molecular formula is C17H29NO2. The summed E-state index contributed by atoms with van der Waals surface area (Å²) in [5.74, 6) is 1.22. The first kappa shape index (κ1) is 17.2. The standard InChI is InChI=1S/C17H29NO2/c1-15(2)17(16-8-5-4-6-9-16)14-18-10-7-11-20-13-12-19-3/h4-6,8-9,15,17-18H,7,10-14H2,1-3H3. The molecule has 3 nitrogen and oxygen atoms in total. The van der Waals surface area contributed by atoms with Gasteiger partial charge in [0.25, 0.3) is 0 Å². The largest absolute Gasteiger partial charge is 0.382 e. The maximum absolute atomic E-state index is 5.45. The second-order valence-corrected chi connectivity index (χ2v) is 5.42. The third-order valence-electron chi connectivity index (χ3n) is 3.47. The molecule has 114 valence electrons. The lowest BCUT2D eigenvalue weighted by Gasteiger charge is -2.22. The van der Waals surface area contributed by atoms with Crippen LogP contribution < -0.4 is 5.32 Å². The molecule has 0 saturated carbocycles. The Balaban J connectivity index is 2.18. The van der Waals surface area contributed by atoms with Gasteiger partial charge in [0, 0.05) is 20.3 Å². The van der Waals surface area contributed by atoms with Gasteiger partial charge < -0.3 is 14.8 Å². The van der Waals surface area contributed by atoms with E-state index in [1.807, 2.05) is 0 Å². The molecule has 0 saturated heterocycles.